The summed E-state index contributed by atoms with van der Waals surface area (Å²) in [5, 5.41) is 0. The Morgan fingerprint density at radius 2 is 2.29 bits per heavy atom. The van der Waals surface area contributed by atoms with Crippen LogP contribution in [0.2, 0.25) is 0 Å². The van der Waals surface area contributed by atoms with Gasteiger partial charge in [-0.2, -0.15) is 5.53 Å². The first-order chi connectivity index (χ1) is 6.92. The van der Waals surface area contributed by atoms with Crippen LogP contribution in [-0.2, 0) is 0 Å². The molecule has 0 amide bonds. The molecule has 6 N–H and O–H groups in total. The van der Waals surface area contributed by atoms with Gasteiger partial charge in [0.25, 0.3) is 0 Å². The summed E-state index contributed by atoms with van der Waals surface area (Å²) in [6.07, 6.45) is 4.99. The van der Waals surface area contributed by atoms with Gasteiger partial charge in [0.2, 0.25) is 0 Å². The van der Waals surface area contributed by atoms with E-state index in [1.54, 1.807) is 12.4 Å². The van der Waals surface area contributed by atoms with Gasteiger partial charge in [0, 0.05) is 24.5 Å². The van der Waals surface area contributed by atoms with Crippen molar-refractivity contribution in [1.29, 1.82) is 0 Å². The van der Waals surface area contributed by atoms with Crippen LogP contribution < -0.4 is 27.7 Å². The van der Waals surface area contributed by atoms with E-state index in [1.807, 2.05) is 0 Å². The molecule has 2 heterocycles. The van der Waals surface area contributed by atoms with E-state index in [-0.39, 0.29) is 12.1 Å². The summed E-state index contributed by atoms with van der Waals surface area (Å²) in [5.74, 6) is 5.48. The van der Waals surface area contributed by atoms with Crippen LogP contribution in [0, 0.1) is 0 Å². The van der Waals surface area contributed by atoms with Gasteiger partial charge in [-0.3, -0.25) is 11.3 Å². The predicted molar refractivity (Wildman–Crippen MR) is 50.2 cm³/mol. The molecular weight excluding hydrogens is 182 g/mol. The van der Waals surface area contributed by atoms with Gasteiger partial charge in [0.15, 0.2) is 0 Å². The molecule has 1 aliphatic heterocycles. The Labute approximate surface area is 81.4 Å². The Bertz CT molecular complexity index is 271. The van der Waals surface area contributed by atoms with E-state index in [2.05, 4.69) is 31.8 Å². The van der Waals surface area contributed by atoms with Gasteiger partial charge in [-0.05, 0) is 0 Å². The molecule has 0 saturated carbocycles. The molecule has 0 spiro atoms. The number of nitrogens with two attached hydrogens (primary N) is 1. The molecule has 2 atom stereocenters. The number of nitrogens with zero attached hydrogens (tertiary/aromatic N) is 2. The molecule has 14 heavy (non-hydrogen) atoms. The van der Waals surface area contributed by atoms with Crippen LogP contribution in [0.1, 0.15) is 11.6 Å². The maximum Gasteiger partial charge on any atom is 0.115 e. The second kappa shape index (κ2) is 4.40. The Hall–Kier alpha value is -1.12. The zero-order chi connectivity index (χ0) is 9.80. The molecule has 0 bridgehead atoms. The van der Waals surface area contributed by atoms with Gasteiger partial charge in [-0.25, -0.2) is 20.8 Å². The van der Waals surface area contributed by atoms with Crippen molar-refractivity contribution in [3.63, 3.8) is 0 Å². The molecule has 1 saturated heterocycles. The molecule has 0 radical (unpaired) electrons. The molecule has 7 heteroatoms. The minimum Gasteiger partial charge on any atom is -0.271 e. The monoisotopic (exact) mass is 195 g/mol. The highest BCUT2D eigenvalue weighted by atomic mass is 15.6. The third-order valence-electron chi connectivity index (χ3n) is 2.19. The van der Waals surface area contributed by atoms with Crippen LogP contribution in [-0.4, -0.2) is 22.6 Å². The molecule has 0 aromatic carbocycles. The molecule has 1 aromatic rings. The van der Waals surface area contributed by atoms with Crippen molar-refractivity contribution in [3.8, 4) is 0 Å². The number of rotatable bonds is 3. The van der Waals surface area contributed by atoms with Crippen LogP contribution in [0.25, 0.3) is 0 Å². The molecule has 2 unspecified atom stereocenters. The van der Waals surface area contributed by atoms with Crippen LogP contribution in [0.5, 0.6) is 0 Å². The van der Waals surface area contributed by atoms with Crippen molar-refractivity contribution in [3.05, 3.63) is 24.3 Å². The van der Waals surface area contributed by atoms with Gasteiger partial charge >= 0.3 is 0 Å². The standard InChI is InChI=1S/C7H13N7/c8-12-7(6-3-11-14-13-6)5-1-9-4-10-2-5/h1-2,4,6-7,11-14H,3,8H2. The van der Waals surface area contributed by atoms with E-state index >= 15 is 0 Å². The summed E-state index contributed by atoms with van der Waals surface area (Å²) < 4.78 is 0. The summed E-state index contributed by atoms with van der Waals surface area (Å²) in [7, 11) is 0. The number of hydrazine groups is 3. The largest absolute Gasteiger partial charge is 0.271 e. The van der Waals surface area contributed by atoms with Crippen LogP contribution >= 0.6 is 0 Å². The third kappa shape index (κ3) is 1.86. The zero-order valence-corrected chi connectivity index (χ0v) is 7.57. The van der Waals surface area contributed by atoms with Gasteiger partial charge in [-0.1, -0.05) is 0 Å². The van der Waals surface area contributed by atoms with Crippen LogP contribution in [0.3, 0.4) is 0 Å². The van der Waals surface area contributed by atoms with Crippen LogP contribution in [0.15, 0.2) is 18.7 Å². The van der Waals surface area contributed by atoms with E-state index in [0.717, 1.165) is 12.1 Å². The van der Waals surface area contributed by atoms with Crippen molar-refractivity contribution in [2.24, 2.45) is 5.84 Å². The van der Waals surface area contributed by atoms with Crippen molar-refractivity contribution in [2.75, 3.05) is 6.54 Å². The number of aromatic nitrogens is 2. The van der Waals surface area contributed by atoms with E-state index in [4.69, 9.17) is 5.84 Å². The lowest BCUT2D eigenvalue weighted by Crippen LogP contribution is -2.44. The van der Waals surface area contributed by atoms with E-state index in [9.17, 15) is 0 Å². The first-order valence-electron chi connectivity index (χ1n) is 4.36. The van der Waals surface area contributed by atoms with E-state index < -0.39 is 0 Å². The van der Waals surface area contributed by atoms with Crippen molar-refractivity contribution >= 4 is 0 Å². The van der Waals surface area contributed by atoms with Crippen molar-refractivity contribution in [2.45, 2.75) is 12.1 Å². The topological polar surface area (TPSA) is 99.9 Å². The lowest BCUT2D eigenvalue weighted by atomic mass is 10.0. The van der Waals surface area contributed by atoms with Gasteiger partial charge in [0.05, 0.1) is 12.1 Å². The highest BCUT2D eigenvalue weighted by Crippen LogP contribution is 2.13. The minimum atomic E-state index is -0.0151. The lowest BCUT2D eigenvalue weighted by molar-refractivity contribution is 0.414. The molecular formula is C7H13N7. The number of hydrogen-bond acceptors (Lipinski definition) is 7. The third-order valence-corrected chi connectivity index (χ3v) is 2.19. The maximum absolute atomic E-state index is 5.48. The number of nitrogens with one attached hydrogen (secondary N) is 4. The van der Waals surface area contributed by atoms with Gasteiger partial charge in [0.1, 0.15) is 6.33 Å². The normalized spacial score (nSPS) is 23.6. The predicted octanol–water partition coefficient (Wildman–Crippen LogP) is -2.04. The van der Waals surface area contributed by atoms with Crippen molar-refractivity contribution < 1.29 is 0 Å². The highest BCUT2D eigenvalue weighted by Gasteiger charge is 2.25. The van der Waals surface area contributed by atoms with E-state index in [1.165, 1.54) is 6.33 Å². The smallest absolute Gasteiger partial charge is 0.115 e. The zero-order valence-electron chi connectivity index (χ0n) is 7.57. The quantitative estimate of drug-likeness (QED) is 0.280. The summed E-state index contributed by atoms with van der Waals surface area (Å²) in [4.78, 5) is 7.90. The van der Waals surface area contributed by atoms with E-state index in [0.29, 0.717) is 0 Å². The first kappa shape index (κ1) is 9.44. The Balaban J connectivity index is 2.12. The average molecular weight is 195 g/mol. The fourth-order valence-corrected chi connectivity index (χ4v) is 1.47. The van der Waals surface area contributed by atoms with Gasteiger partial charge < -0.3 is 0 Å². The second-order valence-corrected chi connectivity index (χ2v) is 3.07. The second-order valence-electron chi connectivity index (χ2n) is 3.07. The Morgan fingerprint density at radius 1 is 1.50 bits per heavy atom. The molecule has 1 aliphatic rings. The summed E-state index contributed by atoms with van der Waals surface area (Å²) in [6.45, 7) is 0.782. The molecule has 76 valence electrons. The SMILES string of the molecule is NNC(c1cncnc1)C1CNNN1. The molecule has 2 rings (SSSR count). The lowest BCUT2D eigenvalue weighted by Gasteiger charge is -2.20. The highest BCUT2D eigenvalue weighted by molar-refractivity contribution is 5.12. The molecule has 7 nitrogen and oxygen atoms in total. The molecule has 1 aromatic heterocycles. The summed E-state index contributed by atoms with van der Waals surface area (Å²) >= 11 is 0. The molecule has 0 aliphatic carbocycles. The first-order valence-corrected chi connectivity index (χ1v) is 4.36. The van der Waals surface area contributed by atoms with Gasteiger partial charge in [-0.15, -0.1) is 0 Å². The summed E-state index contributed by atoms with van der Waals surface area (Å²) in [6, 6.07) is 0.157. The number of hydrogen-bond donors (Lipinski definition) is 5. The molecule has 1 fully saturated rings. The van der Waals surface area contributed by atoms with Crippen LogP contribution in [0.4, 0.5) is 0 Å². The maximum atomic E-state index is 5.48. The van der Waals surface area contributed by atoms with Crippen molar-refractivity contribution in [1.82, 2.24) is 31.8 Å². The summed E-state index contributed by atoms with van der Waals surface area (Å²) in [5.41, 5.74) is 12.5. The minimum absolute atomic E-state index is 0.0151. The fourth-order valence-electron chi connectivity index (χ4n) is 1.47. The fraction of sp³-hybridized carbons (Fsp3) is 0.429. The average Bonchev–Trinajstić information content (AvgIpc) is 2.74. The Kier molecular flexibility index (Phi) is 2.96. The Morgan fingerprint density at radius 3 is 2.86 bits per heavy atom.